The number of amides is 3. The van der Waals surface area contributed by atoms with Gasteiger partial charge in [0.25, 0.3) is 0 Å². The number of nitrogens with one attached hydrogen (secondary N) is 2. The summed E-state index contributed by atoms with van der Waals surface area (Å²) in [5, 5.41) is 15.4. The Kier molecular flexibility index (Phi) is 8.97. The maximum atomic E-state index is 13.4. The van der Waals surface area contributed by atoms with Gasteiger partial charge in [-0.15, -0.1) is 0 Å². The number of halogens is 3. The molecular formula is C26H37F3N4O5. The zero-order valence-corrected chi connectivity index (χ0v) is 21.9. The molecule has 0 spiro atoms. The van der Waals surface area contributed by atoms with Gasteiger partial charge in [0.2, 0.25) is 11.8 Å². The van der Waals surface area contributed by atoms with Crippen molar-refractivity contribution in [2.75, 3.05) is 25.1 Å². The molecule has 212 valence electrons. The van der Waals surface area contributed by atoms with Crippen LogP contribution >= 0.6 is 0 Å². The van der Waals surface area contributed by atoms with Gasteiger partial charge in [-0.25, -0.2) is 4.79 Å². The van der Waals surface area contributed by atoms with E-state index in [2.05, 4.69) is 15.4 Å². The van der Waals surface area contributed by atoms with Crippen molar-refractivity contribution in [3.63, 3.8) is 0 Å². The topological polar surface area (TPSA) is 134 Å². The van der Waals surface area contributed by atoms with E-state index in [1.165, 1.54) is 7.11 Å². The number of rotatable bonds is 9. The number of aliphatic hydroxyl groups excluding tert-OH is 1. The number of hydrogen-bond acceptors (Lipinski definition) is 6. The molecular weight excluding hydrogens is 505 g/mol. The largest absolute Gasteiger partial charge is 0.453 e. The van der Waals surface area contributed by atoms with E-state index >= 15 is 0 Å². The van der Waals surface area contributed by atoms with Crippen LogP contribution in [0.25, 0.3) is 0 Å². The number of ether oxygens (including phenoxy) is 1. The van der Waals surface area contributed by atoms with Crippen molar-refractivity contribution < 1.29 is 37.4 Å². The fraction of sp³-hybridized carbons (Fsp3) is 0.654. The summed E-state index contributed by atoms with van der Waals surface area (Å²) in [6.07, 6.45) is -5.96. The van der Waals surface area contributed by atoms with Crippen LogP contribution in [0.5, 0.6) is 0 Å². The van der Waals surface area contributed by atoms with E-state index in [9.17, 15) is 32.7 Å². The average Bonchev–Trinajstić information content (AvgIpc) is 2.79. The number of para-hydroxylation sites is 1. The molecule has 1 fully saturated rings. The molecule has 1 aromatic rings. The first-order valence-corrected chi connectivity index (χ1v) is 12.7. The summed E-state index contributed by atoms with van der Waals surface area (Å²) >= 11 is 0. The van der Waals surface area contributed by atoms with Crippen LogP contribution < -0.4 is 21.3 Å². The Hall–Kier alpha value is -2.86. The number of alkyl halides is 3. The van der Waals surface area contributed by atoms with Crippen molar-refractivity contribution in [1.82, 2.24) is 10.6 Å². The summed E-state index contributed by atoms with van der Waals surface area (Å²) in [5.41, 5.74) is 4.72. The van der Waals surface area contributed by atoms with Gasteiger partial charge >= 0.3 is 12.3 Å². The van der Waals surface area contributed by atoms with Gasteiger partial charge in [-0.3, -0.25) is 9.59 Å². The monoisotopic (exact) mass is 542 g/mol. The first kappa shape index (κ1) is 29.7. The maximum absolute atomic E-state index is 13.4. The molecule has 1 aliphatic carbocycles. The lowest BCUT2D eigenvalue weighted by Gasteiger charge is -2.41. The molecule has 0 radical (unpaired) electrons. The van der Waals surface area contributed by atoms with Gasteiger partial charge in [0.15, 0.2) is 0 Å². The molecule has 0 aromatic heterocycles. The molecule has 1 saturated carbocycles. The highest BCUT2D eigenvalue weighted by molar-refractivity contribution is 5.95. The second kappa shape index (κ2) is 11.5. The second-order valence-corrected chi connectivity index (χ2v) is 11.1. The predicted octanol–water partition coefficient (Wildman–Crippen LogP) is 2.64. The molecule has 3 rings (SSSR count). The smallest absolute Gasteiger partial charge is 0.407 e. The van der Waals surface area contributed by atoms with Crippen molar-refractivity contribution in [3.05, 3.63) is 29.8 Å². The van der Waals surface area contributed by atoms with Gasteiger partial charge < -0.3 is 31.1 Å². The molecule has 0 saturated heterocycles. The number of alkyl carbamates (subject to hydrolysis) is 1. The number of aliphatic hydroxyl groups is 1. The van der Waals surface area contributed by atoms with E-state index < -0.39 is 47.7 Å². The Bertz CT molecular complexity index is 1030. The van der Waals surface area contributed by atoms with Gasteiger partial charge in [-0.2, -0.15) is 13.2 Å². The van der Waals surface area contributed by atoms with E-state index in [0.717, 1.165) is 11.3 Å². The highest BCUT2D eigenvalue weighted by Gasteiger charge is 2.63. The van der Waals surface area contributed by atoms with Gasteiger partial charge in [-0.05, 0) is 42.7 Å². The van der Waals surface area contributed by atoms with Gasteiger partial charge in [-0.1, -0.05) is 38.5 Å². The number of anilines is 1. The van der Waals surface area contributed by atoms with Crippen molar-refractivity contribution in [2.45, 2.75) is 76.7 Å². The number of nitrogens with two attached hydrogens (primary N) is 1. The normalized spacial score (nSPS) is 20.4. The molecule has 12 heteroatoms. The maximum Gasteiger partial charge on any atom is 0.407 e. The van der Waals surface area contributed by atoms with E-state index in [4.69, 9.17) is 5.73 Å². The van der Waals surface area contributed by atoms with Gasteiger partial charge in [0.1, 0.15) is 5.41 Å². The third kappa shape index (κ3) is 6.58. The molecule has 5 N–H and O–H groups in total. The minimum atomic E-state index is -4.65. The molecule has 38 heavy (non-hydrogen) atoms. The number of carbonyl (C=O) groups is 3. The summed E-state index contributed by atoms with van der Waals surface area (Å²) in [4.78, 5) is 39.0. The highest BCUT2D eigenvalue weighted by Crippen LogP contribution is 2.53. The average molecular weight is 543 g/mol. The van der Waals surface area contributed by atoms with Crippen LogP contribution in [0.1, 0.15) is 51.5 Å². The number of methoxy groups -OCH3 is 1. The Balaban J connectivity index is 1.59. The lowest BCUT2D eigenvalue weighted by Crippen LogP contribution is -2.57. The summed E-state index contributed by atoms with van der Waals surface area (Å²) in [6.45, 7) is 3.46. The second-order valence-electron chi connectivity index (χ2n) is 11.1. The lowest BCUT2D eigenvalue weighted by molar-refractivity contribution is -0.243. The van der Waals surface area contributed by atoms with Crippen LogP contribution in [0.15, 0.2) is 24.3 Å². The third-order valence-electron chi connectivity index (χ3n) is 7.53. The minimum absolute atomic E-state index is 0.0657. The first-order chi connectivity index (χ1) is 17.7. The molecule has 1 aromatic carbocycles. The molecule has 2 aliphatic rings. The fourth-order valence-electron chi connectivity index (χ4n) is 5.19. The molecule has 9 nitrogen and oxygen atoms in total. The number of fused-ring (bicyclic) bond motifs is 1. The Labute approximate surface area is 220 Å². The molecule has 0 bridgehead atoms. The van der Waals surface area contributed by atoms with Crippen molar-refractivity contribution in [2.24, 2.45) is 16.6 Å². The first-order valence-electron chi connectivity index (χ1n) is 12.7. The third-order valence-corrected chi connectivity index (χ3v) is 7.53. The Morgan fingerprint density at radius 1 is 1.24 bits per heavy atom. The minimum Gasteiger partial charge on any atom is -0.453 e. The van der Waals surface area contributed by atoms with Crippen molar-refractivity contribution >= 4 is 23.6 Å². The lowest BCUT2D eigenvalue weighted by atomic mass is 9.67. The Morgan fingerprint density at radius 3 is 2.47 bits per heavy atom. The van der Waals surface area contributed by atoms with Crippen LogP contribution in [0.4, 0.5) is 23.7 Å². The zero-order chi connectivity index (χ0) is 28.3. The van der Waals surface area contributed by atoms with E-state index in [0.29, 0.717) is 12.8 Å². The molecule has 1 unspecified atom stereocenters. The summed E-state index contributed by atoms with van der Waals surface area (Å²) in [7, 11) is 1.27. The van der Waals surface area contributed by atoms with Crippen LogP contribution in [-0.2, 0) is 20.7 Å². The van der Waals surface area contributed by atoms with E-state index in [-0.39, 0.29) is 44.2 Å². The van der Waals surface area contributed by atoms with Crippen molar-refractivity contribution in [1.29, 1.82) is 0 Å². The number of carbonyl (C=O) groups excluding carboxylic acids is 3. The predicted molar refractivity (Wildman–Crippen MR) is 134 cm³/mol. The van der Waals surface area contributed by atoms with Crippen molar-refractivity contribution in [3.8, 4) is 0 Å². The van der Waals surface area contributed by atoms with Gasteiger partial charge in [0, 0.05) is 31.2 Å². The summed E-state index contributed by atoms with van der Waals surface area (Å²) < 4.78 is 44.8. The standard InChI is InChI=1S/C26H37F3N4O5/c1-24(2,12-18(30)20(34)14-31-22(36)25(9-6-10-25)26(27,28)29)13-21(35)33-15-17(32-23(37)38-3)11-16-7-4-5-8-19(16)33/h4-5,7-8,17-18,20,34H,6,9-15,30H2,1-3H3,(H,31,36)(H,32,37)/t17?,18-,20-/m0/s1. The van der Waals surface area contributed by atoms with Gasteiger partial charge in [0.05, 0.1) is 19.3 Å². The summed E-state index contributed by atoms with van der Waals surface area (Å²) in [6, 6.07) is 6.18. The molecule has 3 atom stereocenters. The Morgan fingerprint density at radius 2 is 1.89 bits per heavy atom. The summed E-state index contributed by atoms with van der Waals surface area (Å²) in [5.74, 6) is -1.35. The number of benzene rings is 1. The van der Waals surface area contributed by atoms with Crippen LogP contribution in [-0.4, -0.2) is 67.6 Å². The van der Waals surface area contributed by atoms with Crippen LogP contribution in [0.3, 0.4) is 0 Å². The molecule has 1 aliphatic heterocycles. The van der Waals surface area contributed by atoms with E-state index in [1.54, 1.807) is 4.90 Å². The number of nitrogens with zero attached hydrogens (tertiary/aromatic N) is 1. The SMILES string of the molecule is COC(=O)NC1Cc2ccccc2N(C(=O)CC(C)(C)C[C@H](N)[C@@H](O)CNC(=O)C2(C(F)(F)F)CCC2)C1. The van der Waals surface area contributed by atoms with E-state index in [1.807, 2.05) is 38.1 Å². The van der Waals surface area contributed by atoms with Crippen LogP contribution in [0, 0.1) is 10.8 Å². The molecule has 1 heterocycles. The fourth-order valence-corrected chi connectivity index (χ4v) is 5.19. The highest BCUT2D eigenvalue weighted by atomic mass is 19.4. The van der Waals surface area contributed by atoms with Crippen LogP contribution in [0.2, 0.25) is 0 Å². The zero-order valence-electron chi connectivity index (χ0n) is 21.9. The molecule has 3 amide bonds. The number of hydrogen-bond donors (Lipinski definition) is 4. The quantitative estimate of drug-likeness (QED) is 0.379.